The number of carbonyl (C=O) groups excluding carboxylic acids is 1. The van der Waals surface area contributed by atoms with Crippen LogP contribution in [-0.2, 0) is 0 Å². The third kappa shape index (κ3) is 3.65. The molecule has 1 aliphatic rings. The lowest BCUT2D eigenvalue weighted by Gasteiger charge is -2.33. The number of hydrogen-bond acceptors (Lipinski definition) is 4. The number of aromatic nitrogens is 4. The molecule has 7 nitrogen and oxygen atoms in total. The van der Waals surface area contributed by atoms with Crippen molar-refractivity contribution in [2.75, 3.05) is 6.54 Å². The summed E-state index contributed by atoms with van der Waals surface area (Å²) in [5.74, 6) is 0.136. The molecule has 0 aromatic carbocycles. The van der Waals surface area contributed by atoms with Crippen molar-refractivity contribution in [3.8, 4) is 5.95 Å². The van der Waals surface area contributed by atoms with Crippen molar-refractivity contribution in [3.05, 3.63) is 39.6 Å². The van der Waals surface area contributed by atoms with Crippen molar-refractivity contribution in [1.29, 1.82) is 0 Å². The van der Waals surface area contributed by atoms with Crippen molar-refractivity contribution in [1.82, 2.24) is 24.6 Å². The molecule has 0 unspecified atom stereocenters. The molecular weight excluding hydrogens is 318 g/mol. The Morgan fingerprint density at radius 1 is 1.20 bits per heavy atom. The van der Waals surface area contributed by atoms with Gasteiger partial charge in [0.1, 0.15) is 5.69 Å². The zero-order valence-corrected chi connectivity index (χ0v) is 15.1. The van der Waals surface area contributed by atoms with Gasteiger partial charge in [0, 0.05) is 30.0 Å². The van der Waals surface area contributed by atoms with Crippen molar-refractivity contribution in [2.24, 2.45) is 0 Å². The van der Waals surface area contributed by atoms with Crippen LogP contribution in [0.1, 0.15) is 60.9 Å². The van der Waals surface area contributed by atoms with E-state index in [9.17, 15) is 9.59 Å². The van der Waals surface area contributed by atoms with Crippen molar-refractivity contribution < 1.29 is 4.79 Å². The summed E-state index contributed by atoms with van der Waals surface area (Å²) in [6.45, 7) is 6.31. The molecule has 1 saturated carbocycles. The summed E-state index contributed by atoms with van der Waals surface area (Å²) < 4.78 is 1.24. The Hall–Kier alpha value is -2.44. The Morgan fingerprint density at radius 2 is 1.84 bits per heavy atom. The predicted molar refractivity (Wildman–Crippen MR) is 95.0 cm³/mol. The van der Waals surface area contributed by atoms with E-state index >= 15 is 0 Å². The van der Waals surface area contributed by atoms with Crippen molar-refractivity contribution in [2.45, 2.75) is 58.9 Å². The van der Waals surface area contributed by atoms with E-state index in [0.29, 0.717) is 12.2 Å². The number of carbonyl (C=O) groups is 1. The van der Waals surface area contributed by atoms with Crippen LogP contribution in [0.5, 0.6) is 0 Å². The van der Waals surface area contributed by atoms with E-state index in [4.69, 9.17) is 0 Å². The average Bonchev–Trinajstić information content (AvgIpc) is 2.97. The highest BCUT2D eigenvalue weighted by Crippen LogP contribution is 2.23. The zero-order valence-electron chi connectivity index (χ0n) is 15.1. The van der Waals surface area contributed by atoms with Gasteiger partial charge in [0.2, 0.25) is 0 Å². The van der Waals surface area contributed by atoms with Crippen molar-refractivity contribution >= 4 is 5.91 Å². The molecule has 7 heteroatoms. The second kappa shape index (κ2) is 7.21. The van der Waals surface area contributed by atoms with Gasteiger partial charge in [0.15, 0.2) is 0 Å². The van der Waals surface area contributed by atoms with Crippen LogP contribution < -0.4 is 5.56 Å². The molecule has 0 spiro atoms. The lowest BCUT2D eigenvalue weighted by Crippen LogP contribution is -2.41. The quantitative estimate of drug-likeness (QED) is 0.924. The molecule has 0 aliphatic heterocycles. The Morgan fingerprint density at radius 3 is 2.44 bits per heavy atom. The first kappa shape index (κ1) is 17.4. The van der Waals surface area contributed by atoms with E-state index in [2.05, 4.69) is 15.1 Å². The van der Waals surface area contributed by atoms with Crippen LogP contribution in [0.3, 0.4) is 0 Å². The third-order valence-corrected chi connectivity index (χ3v) is 4.74. The molecule has 1 amide bonds. The maximum absolute atomic E-state index is 12.9. The first-order valence-electron chi connectivity index (χ1n) is 8.95. The molecule has 2 aromatic rings. The van der Waals surface area contributed by atoms with Crippen LogP contribution in [0.25, 0.3) is 5.95 Å². The predicted octanol–water partition coefficient (Wildman–Crippen LogP) is 2.37. The number of aryl methyl sites for hydroxylation is 2. The molecule has 1 aliphatic carbocycles. The molecule has 2 aromatic heterocycles. The largest absolute Gasteiger partial charge is 0.335 e. The Bertz CT molecular complexity index is 797. The van der Waals surface area contributed by atoms with Gasteiger partial charge in [0.25, 0.3) is 17.4 Å². The average molecular weight is 343 g/mol. The Labute approximate surface area is 147 Å². The molecular formula is C18H25N5O2. The normalized spacial score (nSPS) is 15.3. The highest BCUT2D eigenvalue weighted by Gasteiger charge is 2.26. The fourth-order valence-corrected chi connectivity index (χ4v) is 3.58. The van der Waals surface area contributed by atoms with Gasteiger partial charge in [-0.25, -0.2) is 9.97 Å². The maximum atomic E-state index is 12.9. The van der Waals surface area contributed by atoms with Gasteiger partial charge in [-0.3, -0.25) is 14.7 Å². The van der Waals surface area contributed by atoms with Crippen LogP contribution in [0.2, 0.25) is 0 Å². The van der Waals surface area contributed by atoms with E-state index in [1.165, 1.54) is 17.2 Å². The molecule has 3 rings (SSSR count). The highest BCUT2D eigenvalue weighted by molar-refractivity contribution is 5.92. The smallest absolute Gasteiger partial charge is 0.274 e. The van der Waals surface area contributed by atoms with Gasteiger partial charge < -0.3 is 4.90 Å². The lowest BCUT2D eigenvalue weighted by molar-refractivity contribution is 0.0641. The number of hydrogen-bond donors (Lipinski definition) is 1. The molecule has 1 N–H and O–H groups in total. The number of aromatic amines is 1. The standard InChI is InChI=1S/C18H25N5O2/c1-4-22(14-8-6-5-7-9-14)17(25)15-11-16(24)23(21-15)18-19-12(2)10-13(3)20-18/h10-11,14,21H,4-9H2,1-3H3. The summed E-state index contributed by atoms with van der Waals surface area (Å²) in [6.07, 6.45) is 5.61. The van der Waals surface area contributed by atoms with Crippen LogP contribution in [0.4, 0.5) is 0 Å². The third-order valence-electron chi connectivity index (χ3n) is 4.74. The Kier molecular flexibility index (Phi) is 5.01. The molecule has 2 heterocycles. The topological polar surface area (TPSA) is 83.9 Å². The van der Waals surface area contributed by atoms with Crippen LogP contribution >= 0.6 is 0 Å². The summed E-state index contributed by atoms with van der Waals surface area (Å²) in [5.41, 5.74) is 1.51. The number of nitrogens with zero attached hydrogens (tertiary/aromatic N) is 4. The molecule has 0 radical (unpaired) electrons. The first-order valence-corrected chi connectivity index (χ1v) is 8.95. The Balaban J connectivity index is 1.90. The highest BCUT2D eigenvalue weighted by atomic mass is 16.2. The van der Waals surface area contributed by atoms with Crippen LogP contribution in [-0.4, -0.2) is 43.1 Å². The molecule has 1 fully saturated rings. The molecule has 0 saturated heterocycles. The monoisotopic (exact) mass is 343 g/mol. The zero-order chi connectivity index (χ0) is 18.0. The van der Waals surface area contributed by atoms with E-state index in [-0.39, 0.29) is 23.5 Å². The van der Waals surface area contributed by atoms with Crippen molar-refractivity contribution in [3.63, 3.8) is 0 Å². The van der Waals surface area contributed by atoms with Gasteiger partial charge in [0.05, 0.1) is 0 Å². The number of amides is 1. The molecule has 0 bridgehead atoms. The van der Waals surface area contributed by atoms with E-state index in [1.54, 1.807) is 0 Å². The fourth-order valence-electron chi connectivity index (χ4n) is 3.58. The second-order valence-corrected chi connectivity index (χ2v) is 6.68. The van der Waals surface area contributed by atoms with Gasteiger partial charge in [-0.1, -0.05) is 19.3 Å². The minimum absolute atomic E-state index is 0.130. The minimum atomic E-state index is -0.326. The summed E-state index contributed by atoms with van der Waals surface area (Å²) in [6, 6.07) is 3.44. The minimum Gasteiger partial charge on any atom is -0.335 e. The first-order chi connectivity index (χ1) is 12.0. The van der Waals surface area contributed by atoms with Gasteiger partial charge in [-0.05, 0) is 39.7 Å². The molecule has 134 valence electrons. The van der Waals surface area contributed by atoms with Gasteiger partial charge in [-0.2, -0.15) is 4.68 Å². The van der Waals surface area contributed by atoms with Gasteiger partial charge >= 0.3 is 0 Å². The number of rotatable bonds is 4. The maximum Gasteiger partial charge on any atom is 0.274 e. The van der Waals surface area contributed by atoms with Crippen LogP contribution in [0, 0.1) is 13.8 Å². The lowest BCUT2D eigenvalue weighted by atomic mass is 9.94. The number of nitrogens with one attached hydrogen (secondary N) is 1. The van der Waals surface area contributed by atoms with E-state index < -0.39 is 0 Å². The SMILES string of the molecule is CCN(C(=O)c1cc(=O)n(-c2nc(C)cc(C)n2)[nH]1)C1CCCCC1. The summed E-state index contributed by atoms with van der Waals surface area (Å²) >= 11 is 0. The number of H-pyrrole nitrogens is 1. The summed E-state index contributed by atoms with van der Waals surface area (Å²) in [7, 11) is 0. The van der Waals surface area contributed by atoms with Gasteiger partial charge in [-0.15, -0.1) is 0 Å². The van der Waals surface area contributed by atoms with E-state index in [0.717, 1.165) is 37.1 Å². The summed E-state index contributed by atoms with van der Waals surface area (Å²) in [5, 5.41) is 2.89. The summed E-state index contributed by atoms with van der Waals surface area (Å²) in [4.78, 5) is 35.7. The second-order valence-electron chi connectivity index (χ2n) is 6.68. The molecule has 0 atom stereocenters. The molecule has 25 heavy (non-hydrogen) atoms. The fraction of sp³-hybridized carbons (Fsp3) is 0.556. The van der Waals surface area contributed by atoms with Crippen LogP contribution in [0.15, 0.2) is 16.9 Å². The van der Waals surface area contributed by atoms with E-state index in [1.807, 2.05) is 31.7 Å².